The molecule has 0 bridgehead atoms. The van der Waals surface area contributed by atoms with Crippen LogP contribution in [0.2, 0.25) is 0 Å². The van der Waals surface area contributed by atoms with Crippen molar-refractivity contribution in [3.05, 3.63) is 66.9 Å². The quantitative estimate of drug-likeness (QED) is 0.636. The van der Waals surface area contributed by atoms with Crippen molar-refractivity contribution in [3.8, 4) is 5.88 Å². The predicted octanol–water partition coefficient (Wildman–Crippen LogP) is 1.49. The van der Waals surface area contributed by atoms with Crippen LogP contribution in [0.25, 0.3) is 11.6 Å². The SMILES string of the molecule is CCC(=O)NCCC1=c2ccccc2=N/C1=C\c1c(O)n(C2CCCCC2)c(=O)[nH]c1=O. The molecule has 1 aromatic heterocycles. The number of H-pyrrole nitrogens is 1. The first kappa shape index (κ1) is 21.8. The fraction of sp³-hybridized carbons (Fsp3) is 0.417. The number of carbonyl (C=O) groups is 1. The number of allylic oxidation sites excluding steroid dienone is 1. The number of carbonyl (C=O) groups excluding carboxylic acids is 1. The van der Waals surface area contributed by atoms with Gasteiger partial charge >= 0.3 is 5.69 Å². The van der Waals surface area contributed by atoms with E-state index in [1.807, 2.05) is 24.3 Å². The first-order chi connectivity index (χ1) is 15.5. The van der Waals surface area contributed by atoms with Crippen LogP contribution in [0.15, 0.2) is 44.5 Å². The first-order valence-electron chi connectivity index (χ1n) is 11.2. The largest absolute Gasteiger partial charge is 0.494 e. The number of nitrogens with one attached hydrogen (secondary N) is 2. The Morgan fingerprint density at radius 2 is 2.00 bits per heavy atom. The van der Waals surface area contributed by atoms with Gasteiger partial charge in [0.15, 0.2) is 0 Å². The van der Waals surface area contributed by atoms with Crippen molar-refractivity contribution in [2.24, 2.45) is 4.99 Å². The Morgan fingerprint density at radius 1 is 1.25 bits per heavy atom. The highest BCUT2D eigenvalue weighted by Crippen LogP contribution is 2.31. The molecule has 0 unspecified atom stereocenters. The van der Waals surface area contributed by atoms with E-state index in [4.69, 9.17) is 0 Å². The molecule has 4 rings (SSSR count). The monoisotopic (exact) mass is 436 g/mol. The van der Waals surface area contributed by atoms with E-state index in [2.05, 4.69) is 15.3 Å². The van der Waals surface area contributed by atoms with Gasteiger partial charge in [0.05, 0.1) is 11.1 Å². The van der Waals surface area contributed by atoms with Crippen LogP contribution in [0.5, 0.6) is 5.88 Å². The summed E-state index contributed by atoms with van der Waals surface area (Å²) in [5, 5.41) is 15.5. The maximum absolute atomic E-state index is 12.6. The molecule has 168 valence electrons. The second-order valence-electron chi connectivity index (χ2n) is 8.25. The molecule has 1 aliphatic heterocycles. The van der Waals surface area contributed by atoms with E-state index in [9.17, 15) is 19.5 Å². The molecule has 1 fully saturated rings. The van der Waals surface area contributed by atoms with Crippen LogP contribution in [0, 0.1) is 0 Å². The Bertz CT molecular complexity index is 1300. The summed E-state index contributed by atoms with van der Waals surface area (Å²) in [6, 6.07) is 7.50. The molecule has 3 N–H and O–H groups in total. The normalized spacial score (nSPS) is 17.3. The van der Waals surface area contributed by atoms with Gasteiger partial charge in [-0.2, -0.15) is 0 Å². The summed E-state index contributed by atoms with van der Waals surface area (Å²) in [5.74, 6) is -0.351. The lowest BCUT2D eigenvalue weighted by molar-refractivity contribution is -0.120. The molecule has 8 nitrogen and oxygen atoms in total. The number of aromatic hydroxyl groups is 1. The first-order valence-corrected chi connectivity index (χ1v) is 11.2. The van der Waals surface area contributed by atoms with Gasteiger partial charge in [-0.25, -0.2) is 9.79 Å². The molecule has 0 spiro atoms. The highest BCUT2D eigenvalue weighted by atomic mass is 16.3. The highest BCUT2D eigenvalue weighted by molar-refractivity contribution is 5.78. The third-order valence-electron chi connectivity index (χ3n) is 6.17. The van der Waals surface area contributed by atoms with Crippen molar-refractivity contribution in [2.45, 2.75) is 57.9 Å². The van der Waals surface area contributed by atoms with Crippen LogP contribution in [-0.2, 0) is 4.79 Å². The summed E-state index contributed by atoms with van der Waals surface area (Å²) in [6.45, 7) is 2.23. The second kappa shape index (κ2) is 9.38. The number of benzene rings is 1. The Kier molecular flexibility index (Phi) is 6.39. The molecule has 0 saturated heterocycles. The van der Waals surface area contributed by atoms with Crippen LogP contribution in [0.4, 0.5) is 0 Å². The molecule has 1 saturated carbocycles. The zero-order chi connectivity index (χ0) is 22.7. The minimum Gasteiger partial charge on any atom is -0.494 e. The number of fused-ring (bicyclic) bond motifs is 1. The van der Waals surface area contributed by atoms with E-state index >= 15 is 0 Å². The average molecular weight is 437 g/mol. The van der Waals surface area contributed by atoms with Gasteiger partial charge in [-0.05, 0) is 37.0 Å². The van der Waals surface area contributed by atoms with Crippen LogP contribution in [0.1, 0.15) is 63.5 Å². The van der Waals surface area contributed by atoms with Crippen LogP contribution < -0.4 is 27.1 Å². The maximum atomic E-state index is 12.6. The number of hydrogen-bond acceptors (Lipinski definition) is 5. The standard InChI is InChI=1S/C24H28N4O4/c1-2-21(29)25-13-12-17-16-10-6-7-11-19(16)26-20(17)14-18-22(30)27-24(32)28(23(18)31)15-8-4-3-5-9-15/h6-7,10-11,14-15,31H,2-5,8-9,12-13H2,1H3,(H,25,29)(H,27,30,32)/b20-14-. The molecule has 8 heteroatoms. The van der Waals surface area contributed by atoms with Crippen LogP contribution in [-0.4, -0.2) is 27.1 Å². The Morgan fingerprint density at radius 3 is 2.75 bits per heavy atom. The number of amides is 1. The predicted molar refractivity (Wildman–Crippen MR) is 122 cm³/mol. The summed E-state index contributed by atoms with van der Waals surface area (Å²) in [7, 11) is 0. The fourth-order valence-electron chi connectivity index (χ4n) is 4.49. The molecule has 0 atom stereocenters. The second-order valence-corrected chi connectivity index (χ2v) is 8.25. The summed E-state index contributed by atoms with van der Waals surface area (Å²) < 4.78 is 1.32. The molecule has 2 heterocycles. The van der Waals surface area contributed by atoms with Crippen molar-refractivity contribution < 1.29 is 9.90 Å². The Labute approximate surface area is 185 Å². The molecule has 1 aliphatic carbocycles. The number of para-hydroxylation sites is 1. The summed E-state index contributed by atoms with van der Waals surface area (Å²) in [4.78, 5) is 43.8. The van der Waals surface area contributed by atoms with Gasteiger partial charge < -0.3 is 10.4 Å². The Balaban J connectivity index is 1.77. The van der Waals surface area contributed by atoms with Gasteiger partial charge in [0.2, 0.25) is 11.8 Å². The molecule has 1 amide bonds. The summed E-state index contributed by atoms with van der Waals surface area (Å²) in [6.07, 6.45) is 7.14. The van der Waals surface area contributed by atoms with E-state index in [1.54, 1.807) is 13.0 Å². The molecule has 2 aromatic rings. The number of aromatic nitrogens is 2. The molecule has 0 radical (unpaired) electrons. The number of rotatable bonds is 6. The average Bonchev–Trinajstić information content (AvgIpc) is 3.14. The van der Waals surface area contributed by atoms with Gasteiger partial charge in [-0.15, -0.1) is 0 Å². The van der Waals surface area contributed by atoms with Gasteiger partial charge in [-0.1, -0.05) is 44.4 Å². The topological polar surface area (TPSA) is 117 Å². The third kappa shape index (κ3) is 4.30. The summed E-state index contributed by atoms with van der Waals surface area (Å²) >= 11 is 0. The number of nitrogens with zero attached hydrogens (tertiary/aromatic N) is 2. The van der Waals surface area contributed by atoms with Crippen LogP contribution >= 0.6 is 0 Å². The number of aromatic amines is 1. The van der Waals surface area contributed by atoms with Crippen molar-refractivity contribution in [3.63, 3.8) is 0 Å². The zero-order valence-electron chi connectivity index (χ0n) is 18.2. The van der Waals surface area contributed by atoms with Gasteiger partial charge in [0.25, 0.3) is 5.56 Å². The van der Waals surface area contributed by atoms with Crippen molar-refractivity contribution >= 4 is 17.6 Å². The lowest BCUT2D eigenvalue weighted by Crippen LogP contribution is -2.34. The molecule has 1 aromatic carbocycles. The molecular weight excluding hydrogens is 408 g/mol. The minimum absolute atomic E-state index is 0.0248. The van der Waals surface area contributed by atoms with Crippen molar-refractivity contribution in [1.82, 2.24) is 14.9 Å². The highest BCUT2D eigenvalue weighted by Gasteiger charge is 2.23. The van der Waals surface area contributed by atoms with Gasteiger partial charge in [0, 0.05) is 24.2 Å². The van der Waals surface area contributed by atoms with E-state index in [0.29, 0.717) is 25.1 Å². The molecule has 32 heavy (non-hydrogen) atoms. The lowest BCUT2D eigenvalue weighted by atomic mass is 9.95. The third-order valence-corrected chi connectivity index (χ3v) is 6.17. The summed E-state index contributed by atoms with van der Waals surface area (Å²) in [5.41, 5.74) is 0.228. The lowest BCUT2D eigenvalue weighted by Gasteiger charge is -2.24. The van der Waals surface area contributed by atoms with E-state index in [-0.39, 0.29) is 23.4 Å². The molecular formula is C24H28N4O4. The van der Waals surface area contributed by atoms with Gasteiger partial charge in [-0.3, -0.25) is 19.1 Å². The number of hydrogen-bond donors (Lipinski definition) is 3. The zero-order valence-corrected chi connectivity index (χ0v) is 18.2. The van der Waals surface area contributed by atoms with Crippen LogP contribution in [0.3, 0.4) is 0 Å². The maximum Gasteiger partial charge on any atom is 0.331 e. The fourth-order valence-corrected chi connectivity index (χ4v) is 4.49. The minimum atomic E-state index is -0.642. The van der Waals surface area contributed by atoms with E-state index < -0.39 is 11.2 Å². The van der Waals surface area contributed by atoms with Gasteiger partial charge in [0.1, 0.15) is 5.56 Å². The molecule has 2 aliphatic rings. The van der Waals surface area contributed by atoms with Crippen molar-refractivity contribution in [2.75, 3.05) is 6.54 Å². The van der Waals surface area contributed by atoms with E-state index in [0.717, 1.165) is 48.3 Å². The Hall–Kier alpha value is -3.42. The van der Waals surface area contributed by atoms with E-state index in [1.165, 1.54) is 4.57 Å². The smallest absolute Gasteiger partial charge is 0.331 e. The van der Waals surface area contributed by atoms with Crippen molar-refractivity contribution in [1.29, 1.82) is 0 Å².